The molecule has 1 saturated heterocycles. The second kappa shape index (κ2) is 13.1. The Morgan fingerprint density at radius 3 is 1.86 bits per heavy atom. The molecule has 0 saturated carbocycles. The molecule has 2 aromatic rings. The van der Waals surface area contributed by atoms with Gasteiger partial charge in [0.2, 0.25) is 5.91 Å². The van der Waals surface area contributed by atoms with Crippen LogP contribution in [0.1, 0.15) is 85.1 Å². The third kappa shape index (κ3) is 6.63. The van der Waals surface area contributed by atoms with Crippen molar-refractivity contribution in [1.29, 1.82) is 0 Å². The standard InChI is InChI=1S/C33H44N4O6/c1-7-20-19(6)32(42)37-27(20)14-25-18(5)23(10-12-31(40)41)29(35-25)15-28-22(9-11-30(38)39)17(4)24(34-28)13-26-16(3)21(8-2)33(43)36-26/h8,19-20,26-27,34-35H,2,7,9-15H2,1,3-6H3,(H,36,43)(H,37,42)(H,38,39)(H,40,41)/t19-,20-,26-,27+/m1/s1. The van der Waals surface area contributed by atoms with Gasteiger partial charge in [0.05, 0.1) is 6.04 Å². The fraction of sp³-hybridized carbons (Fsp3) is 0.515. The molecule has 232 valence electrons. The highest BCUT2D eigenvalue weighted by molar-refractivity contribution is 6.00. The van der Waals surface area contributed by atoms with Crippen molar-refractivity contribution in [2.75, 3.05) is 0 Å². The van der Waals surface area contributed by atoms with Gasteiger partial charge in [-0.1, -0.05) is 32.9 Å². The molecule has 1 fully saturated rings. The topological polar surface area (TPSA) is 164 Å². The summed E-state index contributed by atoms with van der Waals surface area (Å²) in [7, 11) is 0. The molecule has 10 nitrogen and oxygen atoms in total. The third-order valence-electron chi connectivity index (χ3n) is 9.58. The number of H-pyrrole nitrogens is 2. The van der Waals surface area contributed by atoms with Crippen LogP contribution in [0.25, 0.3) is 0 Å². The van der Waals surface area contributed by atoms with E-state index in [9.17, 15) is 29.4 Å². The molecule has 2 aromatic heterocycles. The van der Waals surface area contributed by atoms with Crippen LogP contribution in [0.3, 0.4) is 0 Å². The van der Waals surface area contributed by atoms with Crippen molar-refractivity contribution in [3.05, 3.63) is 68.8 Å². The summed E-state index contributed by atoms with van der Waals surface area (Å²) >= 11 is 0. The summed E-state index contributed by atoms with van der Waals surface area (Å²) in [6.45, 7) is 13.7. The number of aliphatic carboxylic acids is 2. The molecule has 0 radical (unpaired) electrons. The molecule has 0 bridgehead atoms. The molecule has 2 aliphatic heterocycles. The van der Waals surface area contributed by atoms with Crippen LogP contribution < -0.4 is 10.6 Å². The molecular formula is C33H44N4O6. The highest BCUT2D eigenvalue weighted by Gasteiger charge is 2.38. The summed E-state index contributed by atoms with van der Waals surface area (Å²) in [6, 6.07) is -0.201. The first-order valence-electron chi connectivity index (χ1n) is 15.1. The second-order valence-corrected chi connectivity index (χ2v) is 12.0. The Bertz CT molecular complexity index is 1480. The van der Waals surface area contributed by atoms with Crippen LogP contribution in [0.4, 0.5) is 0 Å². The van der Waals surface area contributed by atoms with Gasteiger partial charge in [0, 0.05) is 72.4 Å². The maximum atomic E-state index is 12.4. The largest absolute Gasteiger partial charge is 0.481 e. The van der Waals surface area contributed by atoms with E-state index >= 15 is 0 Å². The maximum absolute atomic E-state index is 12.4. The number of amides is 2. The lowest BCUT2D eigenvalue weighted by Gasteiger charge is -2.19. The lowest BCUT2D eigenvalue weighted by Crippen LogP contribution is -2.31. The average molecular weight is 593 g/mol. The fourth-order valence-corrected chi connectivity index (χ4v) is 6.94. The van der Waals surface area contributed by atoms with Crippen LogP contribution in [0, 0.1) is 25.7 Å². The number of aromatic nitrogens is 2. The van der Waals surface area contributed by atoms with Gasteiger partial charge in [-0.05, 0) is 67.4 Å². The minimum Gasteiger partial charge on any atom is -0.481 e. The first kappa shape index (κ1) is 31.8. The van der Waals surface area contributed by atoms with E-state index in [1.54, 1.807) is 6.08 Å². The number of rotatable bonds is 14. The van der Waals surface area contributed by atoms with Gasteiger partial charge in [0.1, 0.15) is 0 Å². The molecule has 2 aliphatic rings. The molecule has 10 heteroatoms. The summed E-state index contributed by atoms with van der Waals surface area (Å²) in [5, 5.41) is 25.1. The van der Waals surface area contributed by atoms with E-state index < -0.39 is 11.9 Å². The number of hydrogen-bond acceptors (Lipinski definition) is 4. The van der Waals surface area contributed by atoms with Crippen molar-refractivity contribution in [2.45, 2.75) is 98.1 Å². The van der Waals surface area contributed by atoms with Gasteiger partial charge in [0.15, 0.2) is 0 Å². The number of carboxylic acids is 2. The first-order valence-corrected chi connectivity index (χ1v) is 15.1. The van der Waals surface area contributed by atoms with Gasteiger partial charge in [-0.15, -0.1) is 0 Å². The molecule has 4 rings (SSSR count). The Kier molecular flexibility index (Phi) is 9.67. The Morgan fingerprint density at radius 1 is 0.860 bits per heavy atom. The van der Waals surface area contributed by atoms with Gasteiger partial charge in [-0.3, -0.25) is 19.2 Å². The average Bonchev–Trinajstić information content (AvgIpc) is 3.59. The lowest BCUT2D eigenvalue weighted by molar-refractivity contribution is -0.138. The Hall–Kier alpha value is -4.08. The van der Waals surface area contributed by atoms with Crippen molar-refractivity contribution in [1.82, 2.24) is 20.6 Å². The molecule has 0 aliphatic carbocycles. The van der Waals surface area contributed by atoms with Crippen LogP contribution in [0.2, 0.25) is 0 Å². The Morgan fingerprint density at radius 2 is 1.40 bits per heavy atom. The van der Waals surface area contributed by atoms with Crippen LogP contribution in [-0.4, -0.2) is 56.0 Å². The van der Waals surface area contributed by atoms with Crippen molar-refractivity contribution in [3.8, 4) is 0 Å². The molecule has 43 heavy (non-hydrogen) atoms. The number of nitrogens with one attached hydrogen (secondary N) is 4. The van der Waals surface area contributed by atoms with Crippen molar-refractivity contribution in [2.24, 2.45) is 11.8 Å². The molecular weight excluding hydrogens is 548 g/mol. The summed E-state index contributed by atoms with van der Waals surface area (Å²) in [6.07, 6.45) is 4.71. The molecule has 0 spiro atoms. The van der Waals surface area contributed by atoms with E-state index in [1.807, 2.05) is 27.7 Å². The molecule has 2 amide bonds. The second-order valence-electron chi connectivity index (χ2n) is 12.0. The smallest absolute Gasteiger partial charge is 0.303 e. The number of hydrogen-bond donors (Lipinski definition) is 6. The van der Waals surface area contributed by atoms with Crippen LogP contribution in [0.15, 0.2) is 23.8 Å². The van der Waals surface area contributed by atoms with E-state index in [1.165, 1.54) is 0 Å². The third-order valence-corrected chi connectivity index (χ3v) is 9.58. The number of aromatic amines is 2. The molecule has 0 aromatic carbocycles. The number of carbonyl (C=O) groups is 4. The van der Waals surface area contributed by atoms with Crippen LogP contribution >= 0.6 is 0 Å². The molecule has 6 N–H and O–H groups in total. The van der Waals surface area contributed by atoms with Crippen molar-refractivity contribution in [3.63, 3.8) is 0 Å². The normalized spacial score (nSPS) is 21.8. The summed E-state index contributed by atoms with van der Waals surface area (Å²) in [4.78, 5) is 55.0. The summed E-state index contributed by atoms with van der Waals surface area (Å²) in [5.41, 5.74) is 9.01. The van der Waals surface area contributed by atoms with Crippen LogP contribution in [0.5, 0.6) is 0 Å². The van der Waals surface area contributed by atoms with Gasteiger partial charge in [0.25, 0.3) is 5.91 Å². The van der Waals surface area contributed by atoms with E-state index in [0.29, 0.717) is 37.7 Å². The zero-order valence-electron chi connectivity index (χ0n) is 25.8. The predicted octanol–water partition coefficient (Wildman–Crippen LogP) is 3.83. The van der Waals surface area contributed by atoms with Crippen molar-refractivity contribution >= 4 is 23.8 Å². The monoisotopic (exact) mass is 592 g/mol. The van der Waals surface area contributed by atoms with Gasteiger partial charge >= 0.3 is 11.9 Å². The zero-order valence-corrected chi connectivity index (χ0v) is 25.8. The number of carbonyl (C=O) groups excluding carboxylic acids is 2. The zero-order chi connectivity index (χ0) is 31.6. The first-order chi connectivity index (χ1) is 20.4. The summed E-state index contributed by atoms with van der Waals surface area (Å²) < 4.78 is 0. The Labute approximate surface area is 252 Å². The highest BCUT2D eigenvalue weighted by atomic mass is 16.4. The molecule has 4 heterocycles. The quantitative estimate of drug-likeness (QED) is 0.195. The predicted molar refractivity (Wildman–Crippen MR) is 163 cm³/mol. The minimum atomic E-state index is -0.885. The van der Waals surface area contributed by atoms with Gasteiger partial charge in [-0.2, -0.15) is 0 Å². The highest BCUT2D eigenvalue weighted by Crippen LogP contribution is 2.32. The van der Waals surface area contributed by atoms with Gasteiger partial charge < -0.3 is 30.8 Å². The fourth-order valence-electron chi connectivity index (χ4n) is 6.94. The molecule has 4 atom stereocenters. The number of carboxylic acid groups (broad SMARTS) is 2. The van der Waals surface area contributed by atoms with E-state index in [2.05, 4.69) is 34.1 Å². The van der Waals surface area contributed by atoms with E-state index in [-0.39, 0.29) is 48.6 Å². The van der Waals surface area contributed by atoms with Crippen LogP contribution in [-0.2, 0) is 51.3 Å². The lowest BCUT2D eigenvalue weighted by atomic mass is 9.87. The van der Waals surface area contributed by atoms with Crippen molar-refractivity contribution < 1.29 is 29.4 Å². The SMILES string of the molecule is C=CC1=C(C)[C@@H](Cc2[nH]c(Cc3[nH]c(C[C@@H]4NC(=O)[C@H](C)[C@H]4CC)c(C)c3CCC(=O)O)c(CCC(=O)O)c2C)NC1=O. The Balaban J connectivity index is 1.69. The summed E-state index contributed by atoms with van der Waals surface area (Å²) in [5.74, 6) is -1.69. The van der Waals surface area contributed by atoms with E-state index in [0.717, 1.165) is 57.0 Å². The molecule has 0 unspecified atom stereocenters. The minimum absolute atomic E-state index is 0.00569. The van der Waals surface area contributed by atoms with E-state index in [4.69, 9.17) is 0 Å². The van der Waals surface area contributed by atoms with Gasteiger partial charge in [-0.25, -0.2) is 0 Å². The maximum Gasteiger partial charge on any atom is 0.303 e.